The quantitative estimate of drug-likeness (QED) is 0.428. The Labute approximate surface area is 77.9 Å². The van der Waals surface area contributed by atoms with Crippen LogP contribution in [0.2, 0.25) is 0 Å². The average Bonchev–Trinajstić information content (AvgIpc) is 2.17. The van der Waals surface area contributed by atoms with Crippen molar-refractivity contribution < 1.29 is 9.90 Å². The minimum absolute atomic E-state index is 0.0531. The van der Waals surface area contributed by atoms with Crippen LogP contribution in [-0.4, -0.2) is 49.8 Å². The first kappa shape index (κ1) is 10.4. The van der Waals surface area contributed by atoms with Gasteiger partial charge in [0.1, 0.15) is 0 Å². The minimum atomic E-state index is -0.744. The third-order valence-electron chi connectivity index (χ3n) is 2.03. The SMILES string of the molecule is O=C(O)CC1CNCCNCCN1. The van der Waals surface area contributed by atoms with Gasteiger partial charge in [-0.2, -0.15) is 0 Å². The van der Waals surface area contributed by atoms with Crippen LogP contribution in [0.1, 0.15) is 6.42 Å². The molecule has 0 bridgehead atoms. The van der Waals surface area contributed by atoms with E-state index in [0.717, 1.165) is 32.7 Å². The van der Waals surface area contributed by atoms with Gasteiger partial charge in [-0.15, -0.1) is 0 Å². The fraction of sp³-hybridized carbons (Fsp3) is 0.875. The summed E-state index contributed by atoms with van der Waals surface area (Å²) in [7, 11) is 0. The van der Waals surface area contributed by atoms with Crippen molar-refractivity contribution in [3.8, 4) is 0 Å². The van der Waals surface area contributed by atoms with E-state index in [9.17, 15) is 4.79 Å². The molecule has 1 aliphatic rings. The number of carbonyl (C=O) groups is 1. The fourth-order valence-corrected chi connectivity index (χ4v) is 1.37. The first-order valence-corrected chi connectivity index (χ1v) is 4.65. The lowest BCUT2D eigenvalue weighted by molar-refractivity contribution is -0.137. The van der Waals surface area contributed by atoms with Crippen LogP contribution in [-0.2, 0) is 4.79 Å². The van der Waals surface area contributed by atoms with E-state index in [-0.39, 0.29) is 12.5 Å². The molecule has 1 saturated heterocycles. The smallest absolute Gasteiger partial charge is 0.304 e. The van der Waals surface area contributed by atoms with Crippen LogP contribution in [0.25, 0.3) is 0 Å². The van der Waals surface area contributed by atoms with Crippen molar-refractivity contribution in [1.82, 2.24) is 16.0 Å². The van der Waals surface area contributed by atoms with Gasteiger partial charge in [0.2, 0.25) is 0 Å². The molecule has 0 aromatic heterocycles. The number of rotatable bonds is 2. The van der Waals surface area contributed by atoms with E-state index in [0.29, 0.717) is 0 Å². The summed E-state index contributed by atoms with van der Waals surface area (Å²) in [5, 5.41) is 18.2. The highest BCUT2D eigenvalue weighted by molar-refractivity contribution is 5.67. The lowest BCUT2D eigenvalue weighted by Crippen LogP contribution is -2.40. The molecule has 0 spiro atoms. The second-order valence-corrected chi connectivity index (χ2v) is 3.20. The molecule has 5 nitrogen and oxygen atoms in total. The van der Waals surface area contributed by atoms with Crippen molar-refractivity contribution in [1.29, 1.82) is 0 Å². The van der Waals surface area contributed by atoms with Crippen molar-refractivity contribution in [3.05, 3.63) is 0 Å². The predicted molar refractivity (Wildman–Crippen MR) is 49.8 cm³/mol. The predicted octanol–water partition coefficient (Wildman–Crippen LogP) is -1.39. The Kier molecular flexibility index (Phi) is 4.74. The molecule has 1 unspecified atom stereocenters. The summed E-state index contributed by atoms with van der Waals surface area (Å²) < 4.78 is 0. The van der Waals surface area contributed by atoms with Crippen LogP contribution in [0.15, 0.2) is 0 Å². The third-order valence-corrected chi connectivity index (χ3v) is 2.03. The Balaban J connectivity index is 2.27. The van der Waals surface area contributed by atoms with Crippen molar-refractivity contribution in [3.63, 3.8) is 0 Å². The molecule has 13 heavy (non-hydrogen) atoms. The van der Waals surface area contributed by atoms with Crippen LogP contribution < -0.4 is 16.0 Å². The van der Waals surface area contributed by atoms with Gasteiger partial charge in [0, 0.05) is 38.8 Å². The maximum absolute atomic E-state index is 10.5. The van der Waals surface area contributed by atoms with Gasteiger partial charge in [0.25, 0.3) is 0 Å². The second kappa shape index (κ2) is 5.90. The highest BCUT2D eigenvalue weighted by Gasteiger charge is 2.12. The molecule has 1 rings (SSSR count). The number of hydrogen-bond donors (Lipinski definition) is 4. The van der Waals surface area contributed by atoms with Gasteiger partial charge in [-0.3, -0.25) is 4.79 Å². The van der Waals surface area contributed by atoms with E-state index in [1.165, 1.54) is 0 Å². The molecule has 0 aliphatic carbocycles. The zero-order valence-electron chi connectivity index (χ0n) is 7.68. The summed E-state index contributed by atoms with van der Waals surface area (Å²) in [5.74, 6) is -0.744. The fourth-order valence-electron chi connectivity index (χ4n) is 1.37. The molecule has 1 atom stereocenters. The van der Waals surface area contributed by atoms with Crippen LogP contribution in [0, 0.1) is 0 Å². The summed E-state index contributed by atoms with van der Waals surface area (Å²) in [5.41, 5.74) is 0. The summed E-state index contributed by atoms with van der Waals surface area (Å²) in [6.45, 7) is 4.31. The molecule has 0 saturated carbocycles. The van der Waals surface area contributed by atoms with E-state index >= 15 is 0 Å². The molecule has 76 valence electrons. The molecule has 0 amide bonds. The summed E-state index contributed by atoms with van der Waals surface area (Å²) >= 11 is 0. The van der Waals surface area contributed by atoms with Gasteiger partial charge in [-0.05, 0) is 0 Å². The van der Waals surface area contributed by atoms with E-state index in [2.05, 4.69) is 16.0 Å². The van der Waals surface area contributed by atoms with Crippen LogP contribution in [0.3, 0.4) is 0 Å². The van der Waals surface area contributed by atoms with Gasteiger partial charge >= 0.3 is 5.97 Å². The molecular formula is C8H17N3O2. The van der Waals surface area contributed by atoms with Crippen molar-refractivity contribution in [2.24, 2.45) is 0 Å². The van der Waals surface area contributed by atoms with E-state index < -0.39 is 5.97 Å². The van der Waals surface area contributed by atoms with Gasteiger partial charge in [0.05, 0.1) is 6.42 Å². The molecule has 5 heteroatoms. The standard InChI is InChI=1S/C8H17N3O2/c12-8(13)5-7-6-10-2-1-9-3-4-11-7/h7,9-11H,1-6H2,(H,12,13). The molecule has 0 radical (unpaired) electrons. The highest BCUT2D eigenvalue weighted by Crippen LogP contribution is 1.90. The summed E-state index contributed by atoms with van der Waals surface area (Å²) in [6, 6.07) is 0.0531. The third kappa shape index (κ3) is 4.82. The van der Waals surface area contributed by atoms with Crippen molar-refractivity contribution in [2.45, 2.75) is 12.5 Å². The molecule has 4 N–H and O–H groups in total. The molecule has 1 fully saturated rings. The summed E-state index contributed by atoms with van der Waals surface area (Å²) in [4.78, 5) is 10.5. The first-order chi connectivity index (χ1) is 6.29. The average molecular weight is 187 g/mol. The van der Waals surface area contributed by atoms with E-state index in [1.807, 2.05) is 0 Å². The maximum Gasteiger partial charge on any atom is 0.304 e. The lowest BCUT2D eigenvalue weighted by Gasteiger charge is -2.15. The van der Waals surface area contributed by atoms with E-state index in [1.54, 1.807) is 0 Å². The molecule has 0 aromatic rings. The van der Waals surface area contributed by atoms with Crippen LogP contribution in [0.4, 0.5) is 0 Å². The Bertz CT molecular complexity index is 153. The first-order valence-electron chi connectivity index (χ1n) is 4.65. The second-order valence-electron chi connectivity index (χ2n) is 3.20. The molecule has 0 aromatic carbocycles. The summed E-state index contributed by atoms with van der Waals surface area (Å²) in [6.07, 6.45) is 0.188. The Morgan fingerprint density at radius 2 is 1.92 bits per heavy atom. The lowest BCUT2D eigenvalue weighted by atomic mass is 10.2. The van der Waals surface area contributed by atoms with Gasteiger partial charge < -0.3 is 21.1 Å². The van der Waals surface area contributed by atoms with E-state index in [4.69, 9.17) is 5.11 Å². The van der Waals surface area contributed by atoms with Crippen LogP contribution >= 0.6 is 0 Å². The zero-order valence-corrected chi connectivity index (χ0v) is 7.68. The molecular weight excluding hydrogens is 170 g/mol. The Hall–Kier alpha value is -0.650. The number of nitrogens with one attached hydrogen (secondary N) is 3. The van der Waals surface area contributed by atoms with Gasteiger partial charge in [0.15, 0.2) is 0 Å². The topological polar surface area (TPSA) is 73.4 Å². The number of carboxylic acids is 1. The zero-order chi connectivity index (χ0) is 9.52. The van der Waals surface area contributed by atoms with Crippen LogP contribution in [0.5, 0.6) is 0 Å². The van der Waals surface area contributed by atoms with Crippen molar-refractivity contribution in [2.75, 3.05) is 32.7 Å². The molecule has 1 heterocycles. The normalized spacial score (nSPS) is 25.7. The Morgan fingerprint density at radius 3 is 2.69 bits per heavy atom. The number of carboxylic acid groups (broad SMARTS) is 1. The highest BCUT2D eigenvalue weighted by atomic mass is 16.4. The van der Waals surface area contributed by atoms with Gasteiger partial charge in [-0.1, -0.05) is 0 Å². The monoisotopic (exact) mass is 187 g/mol. The van der Waals surface area contributed by atoms with Crippen molar-refractivity contribution >= 4 is 5.97 Å². The molecule has 1 aliphatic heterocycles. The largest absolute Gasteiger partial charge is 0.481 e. The minimum Gasteiger partial charge on any atom is -0.481 e. The number of aliphatic carboxylic acids is 1. The maximum atomic E-state index is 10.5. The Morgan fingerprint density at radius 1 is 1.23 bits per heavy atom. The number of hydrogen-bond acceptors (Lipinski definition) is 4. The van der Waals surface area contributed by atoms with Gasteiger partial charge in [-0.25, -0.2) is 0 Å².